The van der Waals surface area contributed by atoms with Crippen LogP contribution in [0, 0.1) is 0 Å². The summed E-state index contributed by atoms with van der Waals surface area (Å²) in [6.45, 7) is 3.51. The van der Waals surface area contributed by atoms with Crippen molar-refractivity contribution in [1.29, 1.82) is 0 Å². The molecule has 0 aliphatic rings. The first-order valence-electron chi connectivity index (χ1n) is 7.51. The minimum absolute atomic E-state index is 0.00622. The maximum Gasteiger partial charge on any atom is 0.355 e. The second kappa shape index (κ2) is 7.75. The Bertz CT molecular complexity index is 870. The zero-order valence-corrected chi connectivity index (χ0v) is 15.4. The van der Waals surface area contributed by atoms with Gasteiger partial charge in [-0.3, -0.25) is 4.79 Å². The molecule has 0 aliphatic heterocycles. The molecule has 1 heterocycles. The molecule has 1 aromatic heterocycles. The van der Waals surface area contributed by atoms with E-state index < -0.39 is 21.1 Å². The van der Waals surface area contributed by atoms with Crippen LogP contribution in [0.1, 0.15) is 39.7 Å². The van der Waals surface area contributed by atoms with Crippen LogP contribution >= 0.6 is 11.3 Å². The van der Waals surface area contributed by atoms with Gasteiger partial charge >= 0.3 is 5.97 Å². The van der Waals surface area contributed by atoms with Crippen LogP contribution in [0.4, 0.5) is 0 Å². The van der Waals surface area contributed by atoms with Crippen LogP contribution in [0.15, 0.2) is 34.5 Å². The van der Waals surface area contributed by atoms with Crippen LogP contribution in [0.25, 0.3) is 0 Å². The summed E-state index contributed by atoms with van der Waals surface area (Å²) in [6.07, 6.45) is 0.420. The number of aromatic carboxylic acids is 1. The predicted molar refractivity (Wildman–Crippen MR) is 93.9 cm³/mol. The molecular formula is C16H18N2O5S2. The molecule has 0 spiro atoms. The lowest BCUT2D eigenvalue weighted by molar-refractivity contribution is 0.0690. The highest BCUT2D eigenvalue weighted by Crippen LogP contribution is 2.16. The van der Waals surface area contributed by atoms with Crippen LogP contribution in [0.3, 0.4) is 0 Å². The van der Waals surface area contributed by atoms with Gasteiger partial charge in [-0.25, -0.2) is 18.2 Å². The summed E-state index contributed by atoms with van der Waals surface area (Å²) in [6, 6.07) is 5.78. The number of carboxylic acids is 1. The second-order valence-electron chi connectivity index (χ2n) is 5.56. The quantitative estimate of drug-likeness (QED) is 0.757. The molecule has 134 valence electrons. The number of benzene rings is 1. The van der Waals surface area contributed by atoms with Gasteiger partial charge in [-0.15, -0.1) is 11.3 Å². The van der Waals surface area contributed by atoms with Crippen molar-refractivity contribution in [2.75, 3.05) is 6.54 Å². The van der Waals surface area contributed by atoms with Crippen molar-refractivity contribution in [3.8, 4) is 0 Å². The lowest BCUT2D eigenvalue weighted by atomic mass is 10.2. The largest absolute Gasteiger partial charge is 0.476 e. The van der Waals surface area contributed by atoms with Gasteiger partial charge in [0, 0.05) is 23.9 Å². The number of nitrogens with one attached hydrogen (secondary N) is 1. The number of thiazole rings is 1. The molecule has 2 rings (SSSR count). The molecular weight excluding hydrogens is 364 g/mol. The van der Waals surface area contributed by atoms with Gasteiger partial charge in [0.2, 0.25) is 0 Å². The Hall–Kier alpha value is -2.26. The molecule has 1 amide bonds. The topological polar surface area (TPSA) is 113 Å². The van der Waals surface area contributed by atoms with Crippen molar-refractivity contribution in [2.45, 2.75) is 30.4 Å². The highest BCUT2D eigenvalue weighted by molar-refractivity contribution is 7.92. The van der Waals surface area contributed by atoms with Crippen molar-refractivity contribution in [3.05, 3.63) is 45.9 Å². The van der Waals surface area contributed by atoms with Gasteiger partial charge in [-0.1, -0.05) is 0 Å². The monoisotopic (exact) mass is 382 g/mol. The normalized spacial score (nSPS) is 11.5. The number of amides is 1. The first kappa shape index (κ1) is 19.1. The molecule has 0 radical (unpaired) electrons. The van der Waals surface area contributed by atoms with E-state index in [0.717, 1.165) is 0 Å². The number of aromatic nitrogens is 1. The molecule has 0 unspecified atom stereocenters. The number of sulfone groups is 1. The van der Waals surface area contributed by atoms with E-state index in [-0.39, 0.29) is 16.5 Å². The van der Waals surface area contributed by atoms with E-state index in [9.17, 15) is 18.0 Å². The summed E-state index contributed by atoms with van der Waals surface area (Å²) in [5.74, 6) is -1.41. The van der Waals surface area contributed by atoms with Gasteiger partial charge in [0.05, 0.1) is 15.2 Å². The number of hydrogen-bond acceptors (Lipinski definition) is 6. The fourth-order valence-corrected chi connectivity index (χ4v) is 3.81. The SMILES string of the molecule is CC(C)S(=O)(=O)c1ccc(C(=O)NCCc2nc(C(=O)O)cs2)cc1. The number of nitrogens with zero attached hydrogens (tertiary/aromatic N) is 1. The molecule has 0 fully saturated rings. The molecule has 9 heteroatoms. The van der Waals surface area contributed by atoms with E-state index in [0.29, 0.717) is 23.5 Å². The van der Waals surface area contributed by atoms with Gasteiger partial charge < -0.3 is 10.4 Å². The van der Waals surface area contributed by atoms with Crippen molar-refractivity contribution in [2.24, 2.45) is 0 Å². The van der Waals surface area contributed by atoms with E-state index in [1.54, 1.807) is 13.8 Å². The zero-order chi connectivity index (χ0) is 18.6. The van der Waals surface area contributed by atoms with Crippen molar-refractivity contribution in [1.82, 2.24) is 10.3 Å². The average molecular weight is 382 g/mol. The second-order valence-corrected chi connectivity index (χ2v) is 9.00. The van der Waals surface area contributed by atoms with Crippen LogP contribution < -0.4 is 5.32 Å². The highest BCUT2D eigenvalue weighted by Gasteiger charge is 2.19. The Morgan fingerprint density at radius 3 is 2.40 bits per heavy atom. The maximum atomic E-state index is 12.1. The van der Waals surface area contributed by atoms with Crippen LogP contribution in [0.2, 0.25) is 0 Å². The summed E-state index contributed by atoms with van der Waals surface area (Å²) in [5, 5.41) is 13.1. The van der Waals surface area contributed by atoms with E-state index >= 15 is 0 Å². The van der Waals surface area contributed by atoms with Crippen LogP contribution in [-0.2, 0) is 16.3 Å². The van der Waals surface area contributed by atoms with Gasteiger partial charge in [0.1, 0.15) is 0 Å². The van der Waals surface area contributed by atoms with Crippen LogP contribution in [0.5, 0.6) is 0 Å². The number of carboxylic acid groups (broad SMARTS) is 1. The minimum Gasteiger partial charge on any atom is -0.476 e. The fraction of sp³-hybridized carbons (Fsp3) is 0.312. The first-order valence-corrected chi connectivity index (χ1v) is 9.94. The molecule has 0 aliphatic carbocycles. The average Bonchev–Trinajstić information content (AvgIpc) is 3.04. The molecule has 0 bridgehead atoms. The molecule has 0 saturated heterocycles. The lowest BCUT2D eigenvalue weighted by Gasteiger charge is -2.09. The summed E-state index contributed by atoms with van der Waals surface area (Å²) in [4.78, 5) is 26.9. The zero-order valence-electron chi connectivity index (χ0n) is 13.7. The number of rotatable bonds is 7. The predicted octanol–water partition coefficient (Wildman–Crippen LogP) is 2.00. The van der Waals surface area contributed by atoms with Gasteiger partial charge in [-0.2, -0.15) is 0 Å². The number of carbonyl (C=O) groups is 2. The fourth-order valence-electron chi connectivity index (χ4n) is 1.98. The Balaban J connectivity index is 1.93. The summed E-state index contributed by atoms with van der Waals surface area (Å²) < 4.78 is 24.1. The summed E-state index contributed by atoms with van der Waals surface area (Å²) >= 11 is 1.22. The molecule has 2 N–H and O–H groups in total. The molecule has 2 aromatic rings. The standard InChI is InChI=1S/C16H18N2O5S2/c1-10(2)25(22,23)12-5-3-11(4-6-12)15(19)17-8-7-14-18-13(9-24-14)16(20)21/h3-6,9-10H,7-8H2,1-2H3,(H,17,19)(H,20,21). The summed E-state index contributed by atoms with van der Waals surface area (Å²) in [5.41, 5.74) is 0.348. The Kier molecular flexibility index (Phi) is 5.91. The van der Waals surface area contributed by atoms with E-state index in [2.05, 4.69) is 10.3 Å². The Morgan fingerprint density at radius 1 is 1.24 bits per heavy atom. The van der Waals surface area contributed by atoms with Gasteiger partial charge in [0.15, 0.2) is 15.5 Å². The molecule has 0 atom stereocenters. The third-order valence-electron chi connectivity index (χ3n) is 3.46. The third kappa shape index (κ3) is 4.64. The number of hydrogen-bond donors (Lipinski definition) is 2. The van der Waals surface area contributed by atoms with E-state index in [1.807, 2.05) is 0 Å². The molecule has 7 nitrogen and oxygen atoms in total. The van der Waals surface area contributed by atoms with Crippen molar-refractivity contribution >= 4 is 33.1 Å². The van der Waals surface area contributed by atoms with Crippen molar-refractivity contribution in [3.63, 3.8) is 0 Å². The highest BCUT2D eigenvalue weighted by atomic mass is 32.2. The minimum atomic E-state index is -3.36. The first-order chi connectivity index (χ1) is 11.7. The maximum absolute atomic E-state index is 12.1. The Labute approximate surface area is 149 Å². The summed E-state index contributed by atoms with van der Waals surface area (Å²) in [7, 11) is -3.36. The smallest absolute Gasteiger partial charge is 0.355 e. The van der Waals surface area contributed by atoms with Crippen LogP contribution in [-0.4, -0.2) is 42.2 Å². The molecule has 1 aromatic carbocycles. The Morgan fingerprint density at radius 2 is 1.88 bits per heavy atom. The van der Waals surface area contributed by atoms with Gasteiger partial charge in [0.25, 0.3) is 5.91 Å². The van der Waals surface area contributed by atoms with Gasteiger partial charge in [-0.05, 0) is 38.1 Å². The number of carbonyl (C=O) groups excluding carboxylic acids is 1. The third-order valence-corrected chi connectivity index (χ3v) is 6.54. The van der Waals surface area contributed by atoms with E-state index in [4.69, 9.17) is 5.11 Å². The molecule has 25 heavy (non-hydrogen) atoms. The van der Waals surface area contributed by atoms with Crippen molar-refractivity contribution < 1.29 is 23.1 Å². The lowest BCUT2D eigenvalue weighted by Crippen LogP contribution is -2.25. The van der Waals surface area contributed by atoms with E-state index in [1.165, 1.54) is 41.0 Å². The molecule has 0 saturated carbocycles.